The highest BCUT2D eigenvalue weighted by Crippen LogP contribution is 2.23. The zero-order valence-corrected chi connectivity index (χ0v) is 18.2. The third kappa shape index (κ3) is 7.33. The van der Waals surface area contributed by atoms with E-state index in [9.17, 15) is 14.4 Å². The van der Waals surface area contributed by atoms with Gasteiger partial charge in [-0.15, -0.1) is 0 Å². The molecule has 0 saturated carbocycles. The molecule has 3 rings (SSSR count). The molecule has 0 aliphatic carbocycles. The molecule has 0 spiro atoms. The molecule has 4 amide bonds. The number of nitrogens with one attached hydrogen (secondary N) is 4. The molecule has 172 valence electrons. The number of hydrogen-bond donors (Lipinski definition) is 5. The van der Waals surface area contributed by atoms with Crippen LogP contribution in [0.15, 0.2) is 72.8 Å². The van der Waals surface area contributed by atoms with E-state index in [4.69, 9.17) is 5.21 Å². The van der Waals surface area contributed by atoms with Gasteiger partial charge in [-0.05, 0) is 36.4 Å². The fourth-order valence-corrected chi connectivity index (χ4v) is 3.54. The van der Waals surface area contributed by atoms with Gasteiger partial charge in [-0.1, -0.05) is 67.4 Å². The molecule has 33 heavy (non-hydrogen) atoms. The van der Waals surface area contributed by atoms with Crippen molar-refractivity contribution >= 4 is 40.0 Å². The van der Waals surface area contributed by atoms with E-state index in [1.54, 1.807) is 17.6 Å². The summed E-state index contributed by atoms with van der Waals surface area (Å²) >= 11 is 0. The Morgan fingerprint density at radius 2 is 1.52 bits per heavy atom. The zero-order valence-electron chi connectivity index (χ0n) is 18.2. The van der Waals surface area contributed by atoms with Crippen LogP contribution in [0.25, 0.3) is 10.8 Å². The summed E-state index contributed by atoms with van der Waals surface area (Å²) in [5.74, 6) is -0.761. The minimum Gasteiger partial charge on any atom is -0.326 e. The molecule has 0 aliphatic rings. The van der Waals surface area contributed by atoms with Gasteiger partial charge >= 0.3 is 6.03 Å². The lowest BCUT2D eigenvalue weighted by Gasteiger charge is -2.19. The summed E-state index contributed by atoms with van der Waals surface area (Å²) in [6.07, 6.45) is 2.48. The second-order valence-electron chi connectivity index (χ2n) is 7.67. The molecule has 0 bridgehead atoms. The van der Waals surface area contributed by atoms with Crippen LogP contribution in [0.2, 0.25) is 0 Å². The summed E-state index contributed by atoms with van der Waals surface area (Å²) in [6, 6.07) is 21.2. The molecule has 3 aromatic rings. The number of benzene rings is 3. The fraction of sp³-hybridized carbons (Fsp3) is 0.240. The number of carbonyl (C=O) groups is 3. The van der Waals surface area contributed by atoms with Gasteiger partial charge in [0.15, 0.2) is 0 Å². The molecule has 8 nitrogen and oxygen atoms in total. The van der Waals surface area contributed by atoms with Crippen LogP contribution >= 0.6 is 0 Å². The van der Waals surface area contributed by atoms with Crippen LogP contribution in [0.1, 0.15) is 32.1 Å². The van der Waals surface area contributed by atoms with E-state index in [-0.39, 0.29) is 12.3 Å². The van der Waals surface area contributed by atoms with Crippen molar-refractivity contribution in [2.45, 2.75) is 38.1 Å². The summed E-state index contributed by atoms with van der Waals surface area (Å²) in [7, 11) is 0. The Bertz CT molecular complexity index is 1080. The highest BCUT2D eigenvalue weighted by Gasteiger charge is 2.21. The highest BCUT2D eigenvalue weighted by atomic mass is 16.5. The van der Waals surface area contributed by atoms with E-state index in [0.29, 0.717) is 37.1 Å². The molecule has 0 heterocycles. The van der Waals surface area contributed by atoms with E-state index in [1.165, 1.54) is 0 Å². The Morgan fingerprint density at radius 3 is 2.30 bits per heavy atom. The van der Waals surface area contributed by atoms with E-state index in [0.717, 1.165) is 10.8 Å². The van der Waals surface area contributed by atoms with E-state index < -0.39 is 18.0 Å². The average molecular weight is 449 g/mol. The topological polar surface area (TPSA) is 120 Å². The molecular weight excluding hydrogens is 420 g/mol. The van der Waals surface area contributed by atoms with Crippen molar-refractivity contribution in [1.29, 1.82) is 0 Å². The number of urea groups is 1. The number of hydrogen-bond acceptors (Lipinski definition) is 4. The van der Waals surface area contributed by atoms with Gasteiger partial charge in [0.25, 0.3) is 0 Å². The van der Waals surface area contributed by atoms with Gasteiger partial charge in [-0.2, -0.15) is 0 Å². The smallest absolute Gasteiger partial charge is 0.319 e. The van der Waals surface area contributed by atoms with Gasteiger partial charge in [0.1, 0.15) is 6.04 Å². The maximum absolute atomic E-state index is 12.9. The van der Waals surface area contributed by atoms with Crippen molar-refractivity contribution in [1.82, 2.24) is 10.8 Å². The first-order valence-corrected chi connectivity index (χ1v) is 10.9. The van der Waals surface area contributed by atoms with Crippen LogP contribution in [0.3, 0.4) is 0 Å². The van der Waals surface area contributed by atoms with Crippen molar-refractivity contribution < 1.29 is 19.6 Å². The molecule has 0 unspecified atom stereocenters. The molecule has 0 aliphatic heterocycles. The van der Waals surface area contributed by atoms with E-state index >= 15 is 0 Å². The van der Waals surface area contributed by atoms with Crippen molar-refractivity contribution in [3.05, 3.63) is 72.8 Å². The summed E-state index contributed by atoms with van der Waals surface area (Å²) in [4.78, 5) is 36.8. The monoisotopic (exact) mass is 448 g/mol. The zero-order chi connectivity index (χ0) is 23.5. The van der Waals surface area contributed by atoms with Gasteiger partial charge < -0.3 is 16.0 Å². The third-order valence-electron chi connectivity index (χ3n) is 5.22. The molecule has 0 radical (unpaired) electrons. The van der Waals surface area contributed by atoms with Gasteiger partial charge in [0.2, 0.25) is 11.8 Å². The molecule has 1 atom stereocenters. The quantitative estimate of drug-likeness (QED) is 0.179. The summed E-state index contributed by atoms with van der Waals surface area (Å²) in [5, 5.41) is 18.9. The first-order chi connectivity index (χ1) is 16.1. The van der Waals surface area contributed by atoms with Crippen LogP contribution < -0.4 is 21.4 Å². The maximum atomic E-state index is 12.9. The van der Waals surface area contributed by atoms with E-state index in [1.807, 2.05) is 60.7 Å². The Labute approximate surface area is 192 Å². The lowest BCUT2D eigenvalue weighted by molar-refractivity contribution is -0.129. The summed E-state index contributed by atoms with van der Waals surface area (Å²) in [6.45, 7) is 0. The van der Waals surface area contributed by atoms with Gasteiger partial charge in [-0.25, -0.2) is 10.3 Å². The average Bonchev–Trinajstić information content (AvgIpc) is 2.83. The number of amides is 4. The van der Waals surface area contributed by atoms with Gasteiger partial charge in [0, 0.05) is 17.5 Å². The number of fused-ring (bicyclic) bond motifs is 1. The first kappa shape index (κ1) is 23.7. The van der Waals surface area contributed by atoms with E-state index in [2.05, 4.69) is 16.0 Å². The van der Waals surface area contributed by atoms with Crippen LogP contribution in [0.4, 0.5) is 16.2 Å². The molecular formula is C25H28N4O4. The molecule has 0 saturated heterocycles. The number of carbonyl (C=O) groups excluding carboxylic acids is 3. The van der Waals surface area contributed by atoms with Crippen LogP contribution in [-0.2, 0) is 9.59 Å². The molecule has 0 aromatic heterocycles. The Hall–Kier alpha value is -3.91. The third-order valence-corrected chi connectivity index (χ3v) is 5.22. The normalized spacial score (nSPS) is 11.4. The number of rotatable bonds is 10. The second kappa shape index (κ2) is 12.2. The minimum absolute atomic E-state index is 0.201. The molecule has 8 heteroatoms. The SMILES string of the molecule is O=C(CCCCC[C@H](NC(=O)Nc1cccc2ccccc12)C(=O)Nc1ccccc1)NO. The Balaban J connectivity index is 1.63. The Kier molecular flexibility index (Phi) is 8.79. The largest absolute Gasteiger partial charge is 0.326 e. The number of para-hydroxylation sites is 1. The van der Waals surface area contributed by atoms with Crippen molar-refractivity contribution in [3.63, 3.8) is 0 Å². The van der Waals surface area contributed by atoms with Gasteiger partial charge in [0.05, 0.1) is 5.69 Å². The van der Waals surface area contributed by atoms with Crippen molar-refractivity contribution in [2.75, 3.05) is 10.6 Å². The molecule has 0 fully saturated rings. The highest BCUT2D eigenvalue weighted by molar-refractivity contribution is 6.03. The number of hydroxylamine groups is 1. The lowest BCUT2D eigenvalue weighted by Crippen LogP contribution is -2.45. The van der Waals surface area contributed by atoms with Crippen molar-refractivity contribution in [3.8, 4) is 0 Å². The predicted molar refractivity (Wildman–Crippen MR) is 128 cm³/mol. The maximum Gasteiger partial charge on any atom is 0.319 e. The standard InChI is InChI=1S/C25H28N4O4/c30-23(29-33)17-6-2-5-15-22(24(31)26-19-12-3-1-4-13-19)28-25(32)27-21-16-9-11-18-10-7-8-14-20(18)21/h1,3-4,7-14,16,22,33H,2,5-6,15,17H2,(H,26,31)(H,29,30)(H2,27,28,32)/t22-/m0/s1. The number of anilines is 2. The predicted octanol–water partition coefficient (Wildman–Crippen LogP) is 4.42. The molecule has 3 aromatic carbocycles. The first-order valence-electron chi connectivity index (χ1n) is 10.9. The lowest BCUT2D eigenvalue weighted by atomic mass is 10.1. The molecule has 5 N–H and O–H groups in total. The fourth-order valence-electron chi connectivity index (χ4n) is 3.54. The second-order valence-corrected chi connectivity index (χ2v) is 7.67. The summed E-state index contributed by atoms with van der Waals surface area (Å²) < 4.78 is 0. The van der Waals surface area contributed by atoms with Crippen molar-refractivity contribution in [2.24, 2.45) is 0 Å². The van der Waals surface area contributed by atoms with Crippen LogP contribution in [0.5, 0.6) is 0 Å². The number of unbranched alkanes of at least 4 members (excludes halogenated alkanes) is 2. The van der Waals surface area contributed by atoms with Crippen LogP contribution in [-0.4, -0.2) is 29.1 Å². The minimum atomic E-state index is -0.758. The Morgan fingerprint density at radius 1 is 0.788 bits per heavy atom. The van der Waals surface area contributed by atoms with Gasteiger partial charge in [-0.3, -0.25) is 14.8 Å². The summed E-state index contributed by atoms with van der Waals surface area (Å²) in [5.41, 5.74) is 2.90. The van der Waals surface area contributed by atoms with Crippen LogP contribution in [0, 0.1) is 0 Å².